The molecule has 1 aromatic carbocycles. The first-order valence-electron chi connectivity index (χ1n) is 13.3. The third-order valence-corrected chi connectivity index (χ3v) is 7.84. The van der Waals surface area contributed by atoms with Crippen LogP contribution in [-0.4, -0.2) is 85.2 Å². The monoisotopic (exact) mass is 544 g/mol. The van der Waals surface area contributed by atoms with E-state index in [2.05, 4.69) is 9.67 Å². The Labute approximate surface area is 233 Å². The number of ether oxygens (including phenoxy) is 2. The highest BCUT2D eigenvalue weighted by Crippen LogP contribution is 2.40. The molecule has 40 heavy (non-hydrogen) atoms. The van der Waals surface area contributed by atoms with Crippen molar-refractivity contribution in [1.82, 2.24) is 28.8 Å². The van der Waals surface area contributed by atoms with Gasteiger partial charge in [-0.2, -0.15) is 5.10 Å². The molecule has 11 nitrogen and oxygen atoms in total. The van der Waals surface area contributed by atoms with Crippen molar-refractivity contribution in [1.29, 1.82) is 0 Å². The van der Waals surface area contributed by atoms with Crippen LogP contribution in [0.25, 0.3) is 28.3 Å². The average molecular weight is 544 g/mol. The standard InChI is InChI=1S/C28H33BN6O5/c1-27(2)16-40-11-10-33(27)26(36)24-20-8-7-17-12-23(39-4)19(18-14-30-34(15-18)28(29,37)38)13-22(17)35(20)25(31-24)21-6-5-9-32(21)3/h5-6,9,12-15,37-38H,7-8,10-11,16,29H2,1-4H3. The summed E-state index contributed by atoms with van der Waals surface area (Å²) in [6, 6.07) is 7.96. The van der Waals surface area contributed by atoms with Gasteiger partial charge in [0.05, 0.1) is 49.1 Å². The number of methoxy groups -OCH3 is 1. The van der Waals surface area contributed by atoms with Gasteiger partial charge in [-0.25, -0.2) is 9.67 Å². The number of morpholine rings is 1. The van der Waals surface area contributed by atoms with Crippen LogP contribution >= 0.6 is 0 Å². The molecule has 2 aliphatic heterocycles. The Morgan fingerprint density at radius 2 is 2.05 bits per heavy atom. The lowest BCUT2D eigenvalue weighted by Crippen LogP contribution is -2.55. The fourth-order valence-electron chi connectivity index (χ4n) is 5.70. The quantitative estimate of drug-likeness (QED) is 0.287. The molecule has 4 aromatic rings. The molecule has 0 bridgehead atoms. The zero-order valence-corrected chi connectivity index (χ0v) is 23.4. The van der Waals surface area contributed by atoms with Crippen LogP contribution in [0.2, 0.25) is 0 Å². The number of aromatic nitrogens is 5. The topological polar surface area (TPSA) is 120 Å². The van der Waals surface area contributed by atoms with Gasteiger partial charge in [-0.3, -0.25) is 9.36 Å². The van der Waals surface area contributed by atoms with Crippen LogP contribution in [0.1, 0.15) is 35.6 Å². The first-order chi connectivity index (χ1) is 19.0. The number of nitrogens with zero attached hydrogens (tertiary/aromatic N) is 6. The molecule has 1 fully saturated rings. The summed E-state index contributed by atoms with van der Waals surface area (Å²) in [6.45, 7) is 5.51. The fraction of sp³-hybridized carbons (Fsp3) is 0.393. The number of carbonyl (C=O) groups is 1. The van der Waals surface area contributed by atoms with Crippen LogP contribution in [0, 0.1) is 0 Å². The molecule has 12 heteroatoms. The summed E-state index contributed by atoms with van der Waals surface area (Å²) < 4.78 is 16.6. The Kier molecular flexibility index (Phi) is 6.17. The Bertz CT molecular complexity index is 1610. The van der Waals surface area contributed by atoms with Crippen molar-refractivity contribution in [2.75, 3.05) is 26.9 Å². The molecule has 0 unspecified atom stereocenters. The molecule has 0 atom stereocenters. The Morgan fingerprint density at radius 1 is 1.25 bits per heavy atom. The van der Waals surface area contributed by atoms with Crippen molar-refractivity contribution in [2.45, 2.75) is 38.0 Å². The second-order valence-electron chi connectivity index (χ2n) is 11.2. The van der Waals surface area contributed by atoms with Gasteiger partial charge in [0, 0.05) is 37.1 Å². The van der Waals surface area contributed by atoms with E-state index in [1.807, 2.05) is 60.8 Å². The van der Waals surface area contributed by atoms with Crippen LogP contribution in [0.15, 0.2) is 42.9 Å². The third-order valence-electron chi connectivity index (χ3n) is 7.84. The van der Waals surface area contributed by atoms with Gasteiger partial charge in [-0.1, -0.05) is 0 Å². The molecule has 5 heterocycles. The van der Waals surface area contributed by atoms with Crippen LogP contribution in [-0.2, 0) is 30.4 Å². The first kappa shape index (κ1) is 26.4. The molecular formula is C28H33BN6O5. The molecule has 0 spiro atoms. The number of aryl methyl sites for hydroxylation is 2. The lowest BCUT2D eigenvalue weighted by Gasteiger charge is -2.41. The number of hydrogen-bond donors (Lipinski definition) is 2. The maximum absolute atomic E-state index is 14.1. The largest absolute Gasteiger partial charge is 0.496 e. The van der Waals surface area contributed by atoms with Gasteiger partial charge in [0.15, 0.2) is 11.5 Å². The van der Waals surface area contributed by atoms with E-state index < -0.39 is 11.3 Å². The summed E-state index contributed by atoms with van der Waals surface area (Å²) in [4.78, 5) is 20.9. The Hall–Kier alpha value is -3.87. The first-order valence-corrected chi connectivity index (χ1v) is 13.3. The van der Waals surface area contributed by atoms with Gasteiger partial charge in [-0.05, 0) is 56.5 Å². The van der Waals surface area contributed by atoms with E-state index in [1.54, 1.807) is 19.5 Å². The van der Waals surface area contributed by atoms with Crippen molar-refractivity contribution in [2.24, 2.45) is 7.05 Å². The molecule has 2 aliphatic rings. The van der Waals surface area contributed by atoms with Crippen molar-refractivity contribution >= 4 is 13.8 Å². The van der Waals surface area contributed by atoms with Gasteiger partial charge in [-0.15, -0.1) is 0 Å². The maximum Gasteiger partial charge on any atom is 0.274 e. The van der Waals surface area contributed by atoms with Gasteiger partial charge in [0.2, 0.25) is 13.7 Å². The summed E-state index contributed by atoms with van der Waals surface area (Å²) in [5.74, 6) is -0.908. The highest BCUT2D eigenvalue weighted by atomic mass is 16.5. The second-order valence-corrected chi connectivity index (χ2v) is 11.2. The SMILES string of the molecule is BC(O)(O)n1cc(-c2cc3c(cc2OC)CCc2c(C(=O)N4CCOCC4(C)C)nc(-c4cccn4C)n2-3)cn1. The van der Waals surface area contributed by atoms with E-state index >= 15 is 0 Å². The number of rotatable bonds is 5. The van der Waals surface area contributed by atoms with Crippen LogP contribution in [0.4, 0.5) is 0 Å². The summed E-state index contributed by atoms with van der Waals surface area (Å²) >= 11 is 0. The minimum Gasteiger partial charge on any atom is -0.496 e. The molecule has 2 N–H and O–H groups in total. The van der Waals surface area contributed by atoms with Gasteiger partial charge in [0.1, 0.15) is 5.75 Å². The molecule has 0 radical (unpaired) electrons. The van der Waals surface area contributed by atoms with Crippen molar-refractivity contribution in [3.05, 3.63) is 59.8 Å². The van der Waals surface area contributed by atoms with Crippen molar-refractivity contribution in [3.8, 4) is 34.1 Å². The van der Waals surface area contributed by atoms with E-state index in [-0.39, 0.29) is 5.91 Å². The number of hydrogen-bond acceptors (Lipinski definition) is 7. The van der Waals surface area contributed by atoms with E-state index in [9.17, 15) is 15.0 Å². The molecule has 1 amide bonds. The fourth-order valence-corrected chi connectivity index (χ4v) is 5.70. The Morgan fingerprint density at radius 3 is 2.70 bits per heavy atom. The minimum absolute atomic E-state index is 0.0962. The smallest absolute Gasteiger partial charge is 0.274 e. The summed E-state index contributed by atoms with van der Waals surface area (Å²) in [6.07, 6.45) is 6.45. The highest BCUT2D eigenvalue weighted by molar-refractivity contribution is 6.11. The predicted octanol–water partition coefficient (Wildman–Crippen LogP) is 1.29. The van der Waals surface area contributed by atoms with Crippen molar-refractivity contribution < 1.29 is 24.5 Å². The van der Waals surface area contributed by atoms with Crippen molar-refractivity contribution in [3.63, 3.8) is 0 Å². The molecule has 0 saturated carbocycles. The van der Waals surface area contributed by atoms with E-state index in [4.69, 9.17) is 14.5 Å². The minimum atomic E-state index is -2.14. The maximum atomic E-state index is 14.1. The van der Waals surface area contributed by atoms with E-state index in [1.165, 1.54) is 7.85 Å². The predicted molar refractivity (Wildman–Crippen MR) is 150 cm³/mol. The van der Waals surface area contributed by atoms with Gasteiger partial charge in [0.25, 0.3) is 5.91 Å². The summed E-state index contributed by atoms with van der Waals surface area (Å²) in [7, 11) is 4.81. The molecular weight excluding hydrogens is 511 g/mol. The second kappa shape index (κ2) is 9.36. The number of imidazole rings is 1. The third kappa shape index (κ3) is 4.23. The lowest BCUT2D eigenvalue weighted by molar-refractivity contribution is -0.160. The van der Waals surface area contributed by atoms with Crippen LogP contribution < -0.4 is 4.74 Å². The van der Waals surface area contributed by atoms with E-state index in [0.29, 0.717) is 55.4 Å². The normalized spacial score (nSPS) is 16.5. The summed E-state index contributed by atoms with van der Waals surface area (Å²) in [5.41, 5.74) is 5.11. The molecule has 1 saturated heterocycles. The van der Waals surface area contributed by atoms with Gasteiger partial charge < -0.3 is 29.2 Å². The van der Waals surface area contributed by atoms with E-state index in [0.717, 1.165) is 32.9 Å². The molecule has 0 aliphatic carbocycles. The van der Waals surface area contributed by atoms with Crippen LogP contribution in [0.3, 0.4) is 0 Å². The highest BCUT2D eigenvalue weighted by Gasteiger charge is 2.38. The number of fused-ring (bicyclic) bond motifs is 3. The van der Waals surface area contributed by atoms with Gasteiger partial charge >= 0.3 is 0 Å². The number of benzene rings is 1. The molecule has 6 rings (SSSR count). The van der Waals surface area contributed by atoms with Crippen LogP contribution in [0.5, 0.6) is 5.75 Å². The number of amides is 1. The number of carbonyl (C=O) groups excluding carboxylic acids is 1. The number of aliphatic hydroxyl groups is 2. The zero-order chi connectivity index (χ0) is 28.4. The molecule has 208 valence electrons. The summed E-state index contributed by atoms with van der Waals surface area (Å²) in [5, 5.41) is 24.2. The average Bonchev–Trinajstić information content (AvgIpc) is 3.65. The Balaban J connectivity index is 1.55. The zero-order valence-electron chi connectivity index (χ0n) is 23.4. The lowest BCUT2D eigenvalue weighted by atomic mass is 9.95. The molecule has 3 aromatic heterocycles.